The van der Waals surface area contributed by atoms with Crippen molar-refractivity contribution in [2.24, 2.45) is 0 Å². The smallest absolute Gasteiger partial charge is 0.294 e. The number of carbonyl (C=O) groups is 2. The number of halogens is 2. The molecule has 0 spiro atoms. The van der Waals surface area contributed by atoms with E-state index in [1.165, 1.54) is 22.8 Å². The van der Waals surface area contributed by atoms with Crippen molar-refractivity contribution in [3.63, 3.8) is 0 Å². The highest BCUT2D eigenvalue weighted by Gasteiger charge is 2.33. The monoisotopic (exact) mass is 218 g/mol. The number of ketones is 2. The van der Waals surface area contributed by atoms with Crippen LogP contribution in [-0.4, -0.2) is 17.5 Å². The Morgan fingerprint density at radius 3 is 2.57 bits per heavy atom. The molecule has 1 aromatic heterocycles. The first-order valence-corrected chi connectivity index (χ1v) is 4.82. The summed E-state index contributed by atoms with van der Waals surface area (Å²) in [6, 6.07) is 1.51. The van der Waals surface area contributed by atoms with E-state index in [9.17, 15) is 18.4 Å². The van der Waals surface area contributed by atoms with Crippen molar-refractivity contribution in [2.75, 3.05) is 0 Å². The number of hydrogen-bond acceptors (Lipinski definition) is 3. The summed E-state index contributed by atoms with van der Waals surface area (Å²) >= 11 is 1.28. The Hall–Kier alpha value is -1.10. The molecular weight excluding hydrogens is 210 g/mol. The summed E-state index contributed by atoms with van der Waals surface area (Å²) in [6.45, 7) is 0.496. The topological polar surface area (TPSA) is 34.1 Å². The summed E-state index contributed by atoms with van der Waals surface area (Å²) < 4.78 is 24.8. The van der Waals surface area contributed by atoms with E-state index in [1.54, 1.807) is 5.38 Å². The van der Waals surface area contributed by atoms with Gasteiger partial charge in [-0.2, -0.15) is 20.1 Å². The van der Waals surface area contributed by atoms with E-state index in [1.807, 2.05) is 0 Å². The zero-order valence-corrected chi connectivity index (χ0v) is 8.24. The van der Waals surface area contributed by atoms with Crippen LogP contribution in [0.1, 0.15) is 23.7 Å². The van der Waals surface area contributed by atoms with E-state index in [0.717, 1.165) is 0 Å². The minimum absolute atomic E-state index is 0.313. The molecular formula is C9H8F2O2S. The fourth-order valence-corrected chi connectivity index (χ4v) is 1.49. The third kappa shape index (κ3) is 2.70. The Morgan fingerprint density at radius 2 is 2.14 bits per heavy atom. The van der Waals surface area contributed by atoms with Crippen LogP contribution in [0.3, 0.4) is 0 Å². The van der Waals surface area contributed by atoms with Gasteiger partial charge in [0, 0.05) is 17.9 Å². The van der Waals surface area contributed by atoms with Gasteiger partial charge in [0.15, 0.2) is 5.78 Å². The Kier molecular flexibility index (Phi) is 3.10. The van der Waals surface area contributed by atoms with Crippen LogP contribution in [0.2, 0.25) is 0 Å². The van der Waals surface area contributed by atoms with Gasteiger partial charge in [0.2, 0.25) is 5.78 Å². The van der Waals surface area contributed by atoms with Crippen LogP contribution in [0.4, 0.5) is 8.78 Å². The minimum Gasteiger partial charge on any atom is -0.294 e. The first-order valence-electron chi connectivity index (χ1n) is 3.88. The largest absolute Gasteiger partial charge is 0.303 e. The molecule has 0 amide bonds. The molecule has 76 valence electrons. The molecule has 0 unspecified atom stereocenters. The van der Waals surface area contributed by atoms with E-state index in [0.29, 0.717) is 12.5 Å². The lowest BCUT2D eigenvalue weighted by atomic mass is 10.1. The van der Waals surface area contributed by atoms with Crippen molar-refractivity contribution in [1.82, 2.24) is 0 Å². The molecule has 0 fully saturated rings. The molecule has 0 aliphatic carbocycles. The number of hydrogen-bond donors (Lipinski definition) is 0. The van der Waals surface area contributed by atoms with Crippen molar-refractivity contribution in [2.45, 2.75) is 19.3 Å². The lowest BCUT2D eigenvalue weighted by Gasteiger charge is -2.06. The molecule has 0 saturated heterocycles. The summed E-state index contributed by atoms with van der Waals surface area (Å²) in [5.41, 5.74) is 0.313. The highest BCUT2D eigenvalue weighted by atomic mass is 32.1. The lowest BCUT2D eigenvalue weighted by molar-refractivity contribution is -0.139. The van der Waals surface area contributed by atoms with Crippen LogP contribution in [0.5, 0.6) is 0 Å². The molecule has 0 aliphatic rings. The number of thiophene rings is 1. The molecule has 0 aromatic carbocycles. The van der Waals surface area contributed by atoms with E-state index in [4.69, 9.17) is 0 Å². The number of alkyl halides is 2. The zero-order chi connectivity index (χ0) is 10.8. The van der Waals surface area contributed by atoms with Crippen LogP contribution in [0.25, 0.3) is 0 Å². The van der Waals surface area contributed by atoms with Crippen LogP contribution in [-0.2, 0) is 4.79 Å². The highest BCUT2D eigenvalue weighted by Crippen LogP contribution is 2.17. The molecule has 1 heterocycles. The van der Waals surface area contributed by atoms with E-state index < -0.39 is 23.9 Å². The second-order valence-electron chi connectivity index (χ2n) is 2.92. The van der Waals surface area contributed by atoms with Crippen molar-refractivity contribution in [3.05, 3.63) is 22.4 Å². The molecule has 0 atom stereocenters. The average Bonchev–Trinajstić information content (AvgIpc) is 2.53. The van der Waals surface area contributed by atoms with Gasteiger partial charge in [-0.1, -0.05) is 0 Å². The van der Waals surface area contributed by atoms with Gasteiger partial charge in [-0.05, 0) is 11.4 Å². The highest BCUT2D eigenvalue weighted by molar-refractivity contribution is 7.08. The van der Waals surface area contributed by atoms with Gasteiger partial charge in [-0.15, -0.1) is 0 Å². The maximum Gasteiger partial charge on any atom is 0.303 e. The number of Topliss-reactive ketones (excluding diaryl/α,β-unsaturated/α-hetero) is 2. The molecule has 1 aromatic rings. The summed E-state index contributed by atoms with van der Waals surface area (Å²) in [6.07, 6.45) is -0.736. The molecule has 0 saturated carbocycles. The molecule has 0 bridgehead atoms. The Balaban J connectivity index is 2.63. The second kappa shape index (κ2) is 3.96. The lowest BCUT2D eigenvalue weighted by Crippen LogP contribution is -2.26. The fourth-order valence-electron chi connectivity index (χ4n) is 0.826. The van der Waals surface area contributed by atoms with E-state index >= 15 is 0 Å². The third-order valence-corrected chi connectivity index (χ3v) is 2.34. The molecule has 1 rings (SSSR count). The zero-order valence-electron chi connectivity index (χ0n) is 7.42. The van der Waals surface area contributed by atoms with Gasteiger partial charge in [0.05, 0.1) is 6.42 Å². The molecule has 2 nitrogen and oxygen atoms in total. The second-order valence-corrected chi connectivity index (χ2v) is 3.70. The SMILES string of the molecule is CC(F)(F)C(=O)CC(=O)c1ccsc1. The van der Waals surface area contributed by atoms with Gasteiger partial charge in [0.1, 0.15) is 0 Å². The molecule has 14 heavy (non-hydrogen) atoms. The molecule has 0 radical (unpaired) electrons. The van der Waals surface area contributed by atoms with Gasteiger partial charge < -0.3 is 0 Å². The third-order valence-electron chi connectivity index (χ3n) is 1.65. The quantitative estimate of drug-likeness (QED) is 0.575. The molecule has 0 aliphatic heterocycles. The summed E-state index contributed by atoms with van der Waals surface area (Å²) in [7, 11) is 0. The van der Waals surface area contributed by atoms with Gasteiger partial charge in [-0.3, -0.25) is 9.59 Å². The maximum atomic E-state index is 12.4. The van der Waals surface area contributed by atoms with Crippen LogP contribution >= 0.6 is 11.3 Å². The van der Waals surface area contributed by atoms with Crippen LogP contribution in [0, 0.1) is 0 Å². The number of carbonyl (C=O) groups excluding carboxylic acids is 2. The van der Waals surface area contributed by atoms with Crippen molar-refractivity contribution in [3.8, 4) is 0 Å². The first-order chi connectivity index (χ1) is 6.41. The maximum absolute atomic E-state index is 12.4. The van der Waals surface area contributed by atoms with Crippen molar-refractivity contribution in [1.29, 1.82) is 0 Å². The van der Waals surface area contributed by atoms with E-state index in [-0.39, 0.29) is 0 Å². The van der Waals surface area contributed by atoms with Gasteiger partial charge in [-0.25, -0.2) is 0 Å². The first kappa shape index (κ1) is 11.0. The van der Waals surface area contributed by atoms with Crippen molar-refractivity contribution >= 4 is 22.9 Å². The van der Waals surface area contributed by atoms with Gasteiger partial charge in [0.25, 0.3) is 0 Å². The Labute approximate surface area is 83.6 Å². The Bertz CT molecular complexity index is 338. The normalized spacial score (nSPS) is 11.4. The number of rotatable bonds is 4. The van der Waals surface area contributed by atoms with Crippen LogP contribution in [0.15, 0.2) is 16.8 Å². The average molecular weight is 218 g/mol. The van der Waals surface area contributed by atoms with Crippen LogP contribution < -0.4 is 0 Å². The predicted molar refractivity (Wildman–Crippen MR) is 48.9 cm³/mol. The summed E-state index contributed by atoms with van der Waals surface area (Å²) in [4.78, 5) is 22.0. The Morgan fingerprint density at radius 1 is 1.50 bits per heavy atom. The predicted octanol–water partition coefficient (Wildman–Crippen LogP) is 2.55. The summed E-state index contributed by atoms with van der Waals surface area (Å²) in [5, 5.41) is 3.19. The fraction of sp³-hybridized carbons (Fsp3) is 0.333. The summed E-state index contributed by atoms with van der Waals surface area (Å²) in [5.74, 6) is -5.32. The standard InChI is InChI=1S/C9H8F2O2S/c1-9(10,11)8(13)4-7(12)6-2-3-14-5-6/h2-3,5H,4H2,1H3. The minimum atomic E-state index is -3.42. The van der Waals surface area contributed by atoms with Crippen molar-refractivity contribution < 1.29 is 18.4 Å². The van der Waals surface area contributed by atoms with E-state index in [2.05, 4.69) is 0 Å². The molecule has 0 N–H and O–H groups in total. The molecule has 5 heteroatoms. The van der Waals surface area contributed by atoms with Gasteiger partial charge >= 0.3 is 5.92 Å².